The van der Waals surface area contributed by atoms with Crippen molar-refractivity contribution in [3.05, 3.63) is 59.8 Å². The number of hydrogen-bond donors (Lipinski definition) is 1. The van der Waals surface area contributed by atoms with E-state index in [1.807, 2.05) is 49.5 Å². The third-order valence-corrected chi connectivity index (χ3v) is 3.23. The van der Waals surface area contributed by atoms with Crippen molar-refractivity contribution < 1.29 is 0 Å². The number of hydrogen-bond acceptors (Lipinski definition) is 4. The van der Waals surface area contributed by atoms with Gasteiger partial charge in [-0.1, -0.05) is 41.9 Å². The van der Waals surface area contributed by atoms with Crippen LogP contribution in [0.25, 0.3) is 22.8 Å². The summed E-state index contributed by atoms with van der Waals surface area (Å²) in [4.78, 5) is 13.3. The Bertz CT molecular complexity index is 742. The Balaban J connectivity index is 2.11. The maximum atomic E-state index is 5.87. The highest BCUT2D eigenvalue weighted by Crippen LogP contribution is 2.23. The van der Waals surface area contributed by atoms with Crippen LogP contribution >= 0.6 is 11.6 Å². The van der Waals surface area contributed by atoms with E-state index < -0.39 is 0 Å². The molecule has 2 heterocycles. The van der Waals surface area contributed by atoms with Gasteiger partial charge in [0.25, 0.3) is 0 Å². The van der Waals surface area contributed by atoms with Gasteiger partial charge in [0.15, 0.2) is 5.82 Å². The summed E-state index contributed by atoms with van der Waals surface area (Å²) in [6.07, 6.45) is 1.59. The molecule has 0 spiro atoms. The summed E-state index contributed by atoms with van der Waals surface area (Å²) in [5, 5.41) is 3.64. The molecule has 0 aliphatic heterocycles. The predicted octanol–water partition coefficient (Wildman–Crippen LogP) is 3.90. The highest BCUT2D eigenvalue weighted by Gasteiger charge is 2.09. The fraction of sp³-hybridized carbons (Fsp3) is 0.0625. The van der Waals surface area contributed by atoms with Gasteiger partial charge in [-0.25, -0.2) is 9.97 Å². The molecule has 104 valence electrons. The van der Waals surface area contributed by atoms with Gasteiger partial charge in [-0.15, -0.1) is 0 Å². The zero-order chi connectivity index (χ0) is 14.7. The van der Waals surface area contributed by atoms with Crippen molar-refractivity contribution in [2.45, 2.75) is 0 Å². The lowest BCUT2D eigenvalue weighted by Gasteiger charge is -2.07. The summed E-state index contributed by atoms with van der Waals surface area (Å²) in [6.45, 7) is 0. The van der Waals surface area contributed by atoms with E-state index in [1.54, 1.807) is 12.3 Å². The average Bonchev–Trinajstić information content (AvgIpc) is 2.56. The summed E-state index contributed by atoms with van der Waals surface area (Å²) < 4.78 is 0. The van der Waals surface area contributed by atoms with Crippen molar-refractivity contribution in [3.8, 4) is 22.8 Å². The quantitative estimate of drug-likeness (QED) is 0.796. The van der Waals surface area contributed by atoms with Crippen LogP contribution in [-0.2, 0) is 0 Å². The highest BCUT2D eigenvalue weighted by atomic mass is 35.5. The molecule has 0 atom stereocenters. The highest BCUT2D eigenvalue weighted by molar-refractivity contribution is 6.30. The summed E-state index contributed by atoms with van der Waals surface area (Å²) in [5.74, 6) is 1.31. The van der Waals surface area contributed by atoms with Crippen LogP contribution in [0.15, 0.2) is 54.7 Å². The maximum absolute atomic E-state index is 5.87. The van der Waals surface area contributed by atoms with Crippen LogP contribution in [0.5, 0.6) is 0 Å². The van der Waals surface area contributed by atoms with E-state index >= 15 is 0 Å². The minimum absolute atomic E-state index is 0.567. The molecule has 21 heavy (non-hydrogen) atoms. The van der Waals surface area contributed by atoms with Gasteiger partial charge in [0, 0.05) is 24.9 Å². The van der Waals surface area contributed by atoms with E-state index in [0.717, 1.165) is 17.1 Å². The SMILES string of the molecule is CNc1cc(-c2ccccc2)nc(-c2ccc(Cl)cn2)n1. The molecule has 1 N–H and O–H groups in total. The number of anilines is 1. The number of nitrogens with one attached hydrogen (secondary N) is 1. The molecule has 5 heteroatoms. The van der Waals surface area contributed by atoms with Gasteiger partial charge >= 0.3 is 0 Å². The molecule has 0 saturated carbocycles. The van der Waals surface area contributed by atoms with Crippen LogP contribution < -0.4 is 5.32 Å². The molecule has 1 aromatic carbocycles. The van der Waals surface area contributed by atoms with Crippen molar-refractivity contribution in [1.82, 2.24) is 15.0 Å². The van der Waals surface area contributed by atoms with Crippen molar-refractivity contribution in [1.29, 1.82) is 0 Å². The van der Waals surface area contributed by atoms with Gasteiger partial charge in [-0.3, -0.25) is 4.98 Å². The summed E-state index contributed by atoms with van der Waals surface area (Å²) in [5.41, 5.74) is 2.57. The van der Waals surface area contributed by atoms with Crippen LogP contribution in [-0.4, -0.2) is 22.0 Å². The number of benzene rings is 1. The molecule has 4 nitrogen and oxygen atoms in total. The van der Waals surface area contributed by atoms with E-state index in [1.165, 1.54) is 0 Å². The van der Waals surface area contributed by atoms with Gasteiger partial charge < -0.3 is 5.32 Å². The molecule has 3 rings (SSSR count). The smallest absolute Gasteiger partial charge is 0.180 e. The third kappa shape index (κ3) is 3.01. The van der Waals surface area contributed by atoms with Crippen LogP contribution in [0.2, 0.25) is 5.02 Å². The molecule has 0 radical (unpaired) electrons. The Morgan fingerprint density at radius 3 is 2.43 bits per heavy atom. The Hall–Kier alpha value is -2.46. The first-order valence-electron chi connectivity index (χ1n) is 6.50. The van der Waals surface area contributed by atoms with Crippen LogP contribution in [0.1, 0.15) is 0 Å². The van der Waals surface area contributed by atoms with Crippen molar-refractivity contribution in [2.75, 3.05) is 12.4 Å². The molecule has 3 aromatic rings. The zero-order valence-corrected chi connectivity index (χ0v) is 12.2. The van der Waals surface area contributed by atoms with Gasteiger partial charge in [-0.2, -0.15) is 0 Å². The molecule has 0 aliphatic carbocycles. The second-order valence-electron chi connectivity index (χ2n) is 4.44. The Morgan fingerprint density at radius 2 is 1.76 bits per heavy atom. The summed E-state index contributed by atoms with van der Waals surface area (Å²) >= 11 is 5.87. The van der Waals surface area contributed by atoms with Crippen molar-refractivity contribution in [3.63, 3.8) is 0 Å². The van der Waals surface area contributed by atoms with E-state index in [4.69, 9.17) is 11.6 Å². The lowest BCUT2D eigenvalue weighted by Crippen LogP contribution is -1.99. The molecule has 0 amide bonds. The molecule has 0 fully saturated rings. The normalized spacial score (nSPS) is 10.4. The van der Waals surface area contributed by atoms with Crippen molar-refractivity contribution in [2.24, 2.45) is 0 Å². The minimum atomic E-state index is 0.567. The standard InChI is InChI=1S/C16H13ClN4/c1-18-15-9-14(11-5-3-2-4-6-11)20-16(21-15)13-8-7-12(17)10-19-13/h2-10H,1H3,(H,18,20,21). The topological polar surface area (TPSA) is 50.7 Å². The van der Waals surface area contributed by atoms with E-state index in [9.17, 15) is 0 Å². The number of pyridine rings is 1. The van der Waals surface area contributed by atoms with Gasteiger partial charge in [0.2, 0.25) is 0 Å². The Labute approximate surface area is 127 Å². The lowest BCUT2D eigenvalue weighted by atomic mass is 10.1. The number of rotatable bonds is 3. The zero-order valence-electron chi connectivity index (χ0n) is 11.4. The molecule has 0 unspecified atom stereocenters. The fourth-order valence-corrected chi connectivity index (χ4v) is 2.07. The Kier molecular flexibility index (Phi) is 3.79. The first kappa shape index (κ1) is 13.5. The number of halogens is 1. The van der Waals surface area contributed by atoms with Gasteiger partial charge in [-0.05, 0) is 12.1 Å². The van der Waals surface area contributed by atoms with E-state index in [2.05, 4.69) is 20.3 Å². The van der Waals surface area contributed by atoms with Crippen LogP contribution in [0, 0.1) is 0 Å². The molecule has 0 bridgehead atoms. The molecule has 0 aliphatic rings. The Morgan fingerprint density at radius 1 is 0.952 bits per heavy atom. The van der Waals surface area contributed by atoms with E-state index in [-0.39, 0.29) is 0 Å². The second kappa shape index (κ2) is 5.89. The predicted molar refractivity (Wildman–Crippen MR) is 85.3 cm³/mol. The molecule has 2 aromatic heterocycles. The summed E-state index contributed by atoms with van der Waals surface area (Å²) in [6, 6.07) is 15.5. The maximum Gasteiger partial charge on any atom is 0.180 e. The number of nitrogens with zero attached hydrogens (tertiary/aromatic N) is 3. The first-order chi connectivity index (χ1) is 10.3. The fourth-order valence-electron chi connectivity index (χ4n) is 1.95. The lowest BCUT2D eigenvalue weighted by molar-refractivity contribution is 1.14. The average molecular weight is 297 g/mol. The third-order valence-electron chi connectivity index (χ3n) is 3.01. The number of aromatic nitrogens is 3. The minimum Gasteiger partial charge on any atom is -0.373 e. The molecular formula is C16H13ClN4. The largest absolute Gasteiger partial charge is 0.373 e. The van der Waals surface area contributed by atoms with Gasteiger partial charge in [0.05, 0.1) is 10.7 Å². The molecule has 0 saturated heterocycles. The van der Waals surface area contributed by atoms with E-state index in [0.29, 0.717) is 16.5 Å². The van der Waals surface area contributed by atoms with Gasteiger partial charge in [0.1, 0.15) is 11.5 Å². The first-order valence-corrected chi connectivity index (χ1v) is 6.88. The van der Waals surface area contributed by atoms with Crippen LogP contribution in [0.4, 0.5) is 5.82 Å². The molecular weight excluding hydrogens is 284 g/mol. The van der Waals surface area contributed by atoms with Crippen molar-refractivity contribution >= 4 is 17.4 Å². The second-order valence-corrected chi connectivity index (χ2v) is 4.88. The van der Waals surface area contributed by atoms with Crippen LogP contribution in [0.3, 0.4) is 0 Å². The summed E-state index contributed by atoms with van der Waals surface area (Å²) in [7, 11) is 1.83. The monoisotopic (exact) mass is 296 g/mol.